The molecule has 0 radical (unpaired) electrons. The molecule has 3 unspecified atom stereocenters. The zero-order valence-corrected chi connectivity index (χ0v) is 10.6. The van der Waals surface area contributed by atoms with Crippen molar-refractivity contribution < 1.29 is 4.74 Å². The summed E-state index contributed by atoms with van der Waals surface area (Å²) in [6.45, 7) is 0.866. The number of aromatic nitrogens is 1. The maximum Gasteiger partial charge on any atom is 0.0748 e. The average molecular weight is 247 g/mol. The van der Waals surface area contributed by atoms with Crippen LogP contribution in [0.3, 0.4) is 0 Å². The summed E-state index contributed by atoms with van der Waals surface area (Å²) < 4.78 is 5.89. The number of nitrogens with two attached hydrogens (primary N) is 1. The minimum Gasteiger partial charge on any atom is -0.377 e. The minimum atomic E-state index is 0.196. The number of pyridine rings is 1. The lowest BCUT2D eigenvalue weighted by molar-refractivity contribution is -0.0138. The summed E-state index contributed by atoms with van der Waals surface area (Å²) in [7, 11) is 0. The number of nitrogens with zero attached hydrogens (tertiary/aromatic N) is 1. The number of hydrogen-bond acceptors (Lipinski definition) is 4. The van der Waals surface area contributed by atoms with Crippen molar-refractivity contribution in [1.82, 2.24) is 10.4 Å². The topological polar surface area (TPSA) is 60.2 Å². The second-order valence-corrected chi connectivity index (χ2v) is 5.29. The molecule has 4 heteroatoms. The monoisotopic (exact) mass is 247 g/mol. The highest BCUT2D eigenvalue weighted by Gasteiger charge is 2.36. The summed E-state index contributed by atoms with van der Waals surface area (Å²) in [6.07, 6.45) is 7.87. The Balaban J connectivity index is 1.80. The number of aryl methyl sites for hydroxylation is 1. The van der Waals surface area contributed by atoms with Crippen LogP contribution in [0.1, 0.15) is 42.9 Å². The van der Waals surface area contributed by atoms with Crippen LogP contribution in [-0.4, -0.2) is 23.7 Å². The molecule has 0 amide bonds. The fourth-order valence-electron chi connectivity index (χ4n) is 3.32. The van der Waals surface area contributed by atoms with E-state index >= 15 is 0 Å². The second-order valence-electron chi connectivity index (χ2n) is 5.29. The summed E-state index contributed by atoms with van der Waals surface area (Å²) in [5.41, 5.74) is 5.58. The summed E-state index contributed by atoms with van der Waals surface area (Å²) in [5.74, 6) is 6.18. The molecule has 98 valence electrons. The Morgan fingerprint density at radius 3 is 3.11 bits per heavy atom. The molecule has 1 aliphatic carbocycles. The molecule has 3 N–H and O–H groups in total. The Hall–Kier alpha value is -0.970. The van der Waals surface area contributed by atoms with E-state index in [-0.39, 0.29) is 12.1 Å². The Labute approximate surface area is 108 Å². The fourth-order valence-corrected chi connectivity index (χ4v) is 3.32. The van der Waals surface area contributed by atoms with Crippen LogP contribution < -0.4 is 11.3 Å². The van der Waals surface area contributed by atoms with Crippen LogP contribution in [0.2, 0.25) is 0 Å². The second kappa shape index (κ2) is 5.34. The molecular weight excluding hydrogens is 226 g/mol. The Morgan fingerprint density at radius 1 is 1.39 bits per heavy atom. The number of rotatable bonds is 3. The summed E-state index contributed by atoms with van der Waals surface area (Å²) in [5, 5.41) is 0. The van der Waals surface area contributed by atoms with Gasteiger partial charge in [-0.05, 0) is 43.7 Å². The van der Waals surface area contributed by atoms with Crippen molar-refractivity contribution in [3.05, 3.63) is 29.6 Å². The number of nitrogens with one attached hydrogen (secondary N) is 1. The average Bonchev–Trinajstić information content (AvgIpc) is 2.85. The first-order chi connectivity index (χ1) is 8.90. The maximum absolute atomic E-state index is 5.89. The van der Waals surface area contributed by atoms with Gasteiger partial charge in [0.25, 0.3) is 0 Å². The van der Waals surface area contributed by atoms with Crippen molar-refractivity contribution >= 4 is 0 Å². The van der Waals surface area contributed by atoms with Crippen LogP contribution in [-0.2, 0) is 11.2 Å². The van der Waals surface area contributed by atoms with E-state index < -0.39 is 0 Å². The van der Waals surface area contributed by atoms with Crippen molar-refractivity contribution in [2.45, 2.75) is 50.2 Å². The summed E-state index contributed by atoms with van der Waals surface area (Å²) >= 11 is 0. The molecule has 3 rings (SSSR count). The normalized spacial score (nSPS) is 28.9. The Bertz CT molecular complexity index is 404. The van der Waals surface area contributed by atoms with Crippen LogP contribution in [0, 0.1) is 0 Å². The van der Waals surface area contributed by atoms with E-state index in [1.807, 2.05) is 12.3 Å². The predicted octanol–water partition coefficient (Wildman–Crippen LogP) is 1.51. The van der Waals surface area contributed by atoms with E-state index in [0.717, 1.165) is 25.9 Å². The quantitative estimate of drug-likeness (QED) is 0.628. The minimum absolute atomic E-state index is 0.196. The maximum atomic E-state index is 5.89. The predicted molar refractivity (Wildman–Crippen MR) is 70.0 cm³/mol. The third-order valence-electron chi connectivity index (χ3n) is 4.24. The highest BCUT2D eigenvalue weighted by atomic mass is 16.5. The van der Waals surface area contributed by atoms with E-state index in [9.17, 15) is 0 Å². The zero-order valence-electron chi connectivity index (χ0n) is 10.6. The molecule has 1 fully saturated rings. The van der Waals surface area contributed by atoms with Crippen LogP contribution >= 0.6 is 0 Å². The van der Waals surface area contributed by atoms with Gasteiger partial charge in [0.15, 0.2) is 0 Å². The molecule has 2 aliphatic rings. The van der Waals surface area contributed by atoms with Gasteiger partial charge in [0, 0.05) is 24.4 Å². The first-order valence-corrected chi connectivity index (χ1v) is 6.91. The molecular formula is C14H21N3O. The molecule has 1 aromatic heterocycles. The Morgan fingerprint density at radius 2 is 2.33 bits per heavy atom. The molecule has 0 saturated carbocycles. The number of hydrogen-bond donors (Lipinski definition) is 2. The van der Waals surface area contributed by atoms with Crippen molar-refractivity contribution in [1.29, 1.82) is 0 Å². The lowest BCUT2D eigenvalue weighted by Crippen LogP contribution is -2.49. The van der Waals surface area contributed by atoms with Crippen LogP contribution in [0.25, 0.3) is 0 Å². The summed E-state index contributed by atoms with van der Waals surface area (Å²) in [6, 6.07) is 4.39. The van der Waals surface area contributed by atoms with Gasteiger partial charge in [-0.15, -0.1) is 0 Å². The standard InChI is InChI=1S/C14H21N3O/c15-17-14(12-5-1-2-9-18-12)11-7-6-10-4-3-8-16-13(10)11/h3-4,8,11-12,14,17H,1-2,5-7,9,15H2. The first kappa shape index (κ1) is 12.1. The third kappa shape index (κ3) is 2.16. The van der Waals surface area contributed by atoms with Crippen molar-refractivity contribution in [2.24, 2.45) is 5.84 Å². The van der Waals surface area contributed by atoms with Gasteiger partial charge in [0.05, 0.1) is 12.1 Å². The molecule has 0 spiro atoms. The highest BCUT2D eigenvalue weighted by Crippen LogP contribution is 2.36. The lowest BCUT2D eigenvalue weighted by atomic mass is 9.89. The van der Waals surface area contributed by atoms with Gasteiger partial charge in [-0.3, -0.25) is 16.3 Å². The third-order valence-corrected chi connectivity index (χ3v) is 4.24. The lowest BCUT2D eigenvalue weighted by Gasteiger charge is -2.33. The van der Waals surface area contributed by atoms with Crippen LogP contribution in [0.4, 0.5) is 0 Å². The van der Waals surface area contributed by atoms with Gasteiger partial charge in [0.1, 0.15) is 0 Å². The van der Waals surface area contributed by atoms with E-state index in [1.54, 1.807) is 0 Å². The van der Waals surface area contributed by atoms with E-state index in [4.69, 9.17) is 10.6 Å². The van der Waals surface area contributed by atoms with Gasteiger partial charge in [0.2, 0.25) is 0 Å². The highest BCUT2D eigenvalue weighted by molar-refractivity contribution is 5.30. The largest absolute Gasteiger partial charge is 0.377 e. The van der Waals surface area contributed by atoms with Gasteiger partial charge in [-0.1, -0.05) is 6.07 Å². The van der Waals surface area contributed by atoms with Crippen LogP contribution in [0.15, 0.2) is 18.3 Å². The van der Waals surface area contributed by atoms with Crippen LogP contribution in [0.5, 0.6) is 0 Å². The van der Waals surface area contributed by atoms with E-state index in [0.29, 0.717) is 5.92 Å². The molecule has 1 saturated heterocycles. The summed E-state index contributed by atoms with van der Waals surface area (Å²) in [4.78, 5) is 4.55. The van der Waals surface area contributed by atoms with E-state index in [1.165, 1.54) is 24.1 Å². The first-order valence-electron chi connectivity index (χ1n) is 6.91. The van der Waals surface area contributed by atoms with Gasteiger partial charge in [-0.25, -0.2) is 0 Å². The number of fused-ring (bicyclic) bond motifs is 1. The molecule has 18 heavy (non-hydrogen) atoms. The smallest absolute Gasteiger partial charge is 0.0748 e. The number of hydrazine groups is 1. The van der Waals surface area contributed by atoms with Crippen molar-refractivity contribution in [3.63, 3.8) is 0 Å². The Kier molecular flexibility index (Phi) is 3.59. The SMILES string of the molecule is NNC(C1CCCCO1)C1CCc2cccnc21. The van der Waals surface area contributed by atoms with Gasteiger partial charge >= 0.3 is 0 Å². The molecule has 4 nitrogen and oxygen atoms in total. The van der Waals surface area contributed by atoms with Gasteiger partial charge in [-0.2, -0.15) is 0 Å². The van der Waals surface area contributed by atoms with E-state index in [2.05, 4.69) is 16.5 Å². The number of ether oxygens (including phenoxy) is 1. The fraction of sp³-hybridized carbons (Fsp3) is 0.643. The molecule has 2 heterocycles. The van der Waals surface area contributed by atoms with Gasteiger partial charge < -0.3 is 4.74 Å². The molecule has 1 aliphatic heterocycles. The molecule has 0 aromatic carbocycles. The molecule has 3 atom stereocenters. The van der Waals surface area contributed by atoms with Crippen molar-refractivity contribution in [3.8, 4) is 0 Å². The zero-order chi connectivity index (χ0) is 12.4. The molecule has 1 aromatic rings. The molecule has 0 bridgehead atoms. The van der Waals surface area contributed by atoms with Crippen molar-refractivity contribution in [2.75, 3.05) is 6.61 Å².